The van der Waals surface area contributed by atoms with E-state index in [1.807, 2.05) is 0 Å². The van der Waals surface area contributed by atoms with Crippen molar-refractivity contribution >= 4 is 5.91 Å². The lowest BCUT2D eigenvalue weighted by Crippen LogP contribution is -2.53. The third-order valence-electron chi connectivity index (χ3n) is 5.17. The lowest BCUT2D eigenvalue weighted by Gasteiger charge is -2.40. The average Bonchev–Trinajstić information content (AvgIpc) is 2.38. The number of piperidine rings is 1. The summed E-state index contributed by atoms with van der Waals surface area (Å²) in [6.07, 6.45) is 7.93. The van der Waals surface area contributed by atoms with E-state index in [9.17, 15) is 4.79 Å². The Morgan fingerprint density at radius 3 is 2.68 bits per heavy atom. The third-order valence-corrected chi connectivity index (χ3v) is 5.17. The van der Waals surface area contributed by atoms with Gasteiger partial charge in [-0.25, -0.2) is 0 Å². The van der Waals surface area contributed by atoms with Crippen molar-refractivity contribution in [3.05, 3.63) is 0 Å². The lowest BCUT2D eigenvalue weighted by molar-refractivity contribution is -0.133. The second-order valence-corrected chi connectivity index (χ2v) is 7.35. The van der Waals surface area contributed by atoms with E-state index in [4.69, 9.17) is 0 Å². The quantitative estimate of drug-likeness (QED) is 0.824. The highest BCUT2D eigenvalue weighted by Gasteiger charge is 2.39. The minimum Gasteiger partial charge on any atom is -0.353 e. The number of hydrogen-bond acceptors (Lipinski definition) is 2. The van der Waals surface area contributed by atoms with E-state index >= 15 is 0 Å². The van der Waals surface area contributed by atoms with Gasteiger partial charge in [0.25, 0.3) is 0 Å². The molecular weight excluding hydrogens is 236 g/mol. The van der Waals surface area contributed by atoms with Gasteiger partial charge in [0, 0.05) is 12.6 Å². The summed E-state index contributed by atoms with van der Waals surface area (Å²) in [5, 5.41) is 6.76. The van der Waals surface area contributed by atoms with E-state index in [0.29, 0.717) is 17.4 Å². The average molecular weight is 266 g/mol. The van der Waals surface area contributed by atoms with Gasteiger partial charge in [-0.15, -0.1) is 0 Å². The summed E-state index contributed by atoms with van der Waals surface area (Å²) in [5.74, 6) is 0.296. The molecule has 3 heteroatoms. The minimum atomic E-state index is -0.153. The summed E-state index contributed by atoms with van der Waals surface area (Å²) in [6, 6.07) is 0.390. The van der Waals surface area contributed by atoms with Crippen LogP contribution in [0.5, 0.6) is 0 Å². The standard InChI is InChI=1S/C16H30N2O/c1-4-16(9-6-10-17-12-16)14(19)18-13-7-5-8-15(2,3)11-13/h13,17H,4-12H2,1-3H3,(H,18,19). The number of nitrogens with one attached hydrogen (secondary N) is 2. The first-order valence-electron chi connectivity index (χ1n) is 7.99. The zero-order valence-electron chi connectivity index (χ0n) is 12.8. The van der Waals surface area contributed by atoms with Gasteiger partial charge in [-0.3, -0.25) is 4.79 Å². The first-order chi connectivity index (χ1) is 8.97. The van der Waals surface area contributed by atoms with Gasteiger partial charge in [-0.1, -0.05) is 27.2 Å². The van der Waals surface area contributed by atoms with Crippen LogP contribution in [-0.4, -0.2) is 25.0 Å². The predicted molar refractivity (Wildman–Crippen MR) is 79.0 cm³/mol. The highest BCUT2D eigenvalue weighted by Crippen LogP contribution is 2.36. The summed E-state index contributed by atoms with van der Waals surface area (Å²) in [7, 11) is 0. The largest absolute Gasteiger partial charge is 0.353 e. The van der Waals surface area contributed by atoms with Gasteiger partial charge in [-0.05, 0) is 50.5 Å². The maximum atomic E-state index is 12.7. The van der Waals surface area contributed by atoms with Gasteiger partial charge in [0.2, 0.25) is 5.91 Å². The molecule has 2 fully saturated rings. The van der Waals surface area contributed by atoms with Crippen LogP contribution in [0.4, 0.5) is 0 Å². The zero-order chi connectivity index (χ0) is 13.9. The number of hydrogen-bond donors (Lipinski definition) is 2. The summed E-state index contributed by atoms with van der Waals surface area (Å²) < 4.78 is 0. The van der Waals surface area contributed by atoms with Gasteiger partial charge in [-0.2, -0.15) is 0 Å². The molecule has 2 N–H and O–H groups in total. The Morgan fingerprint density at radius 1 is 1.32 bits per heavy atom. The second-order valence-electron chi connectivity index (χ2n) is 7.35. The van der Waals surface area contributed by atoms with Gasteiger partial charge in [0.05, 0.1) is 5.41 Å². The molecule has 19 heavy (non-hydrogen) atoms. The molecule has 2 rings (SSSR count). The molecule has 2 atom stereocenters. The van der Waals surface area contributed by atoms with Crippen LogP contribution >= 0.6 is 0 Å². The van der Waals surface area contributed by atoms with E-state index in [2.05, 4.69) is 31.4 Å². The molecule has 2 unspecified atom stereocenters. The van der Waals surface area contributed by atoms with Gasteiger partial charge in [0.15, 0.2) is 0 Å². The Balaban J connectivity index is 1.95. The molecule has 0 aromatic rings. The maximum absolute atomic E-state index is 12.7. The van der Waals surface area contributed by atoms with Crippen LogP contribution in [0.3, 0.4) is 0 Å². The molecule has 1 heterocycles. The second kappa shape index (κ2) is 5.82. The van der Waals surface area contributed by atoms with Crippen LogP contribution < -0.4 is 10.6 Å². The number of rotatable bonds is 3. The Kier molecular flexibility index (Phi) is 4.54. The topological polar surface area (TPSA) is 41.1 Å². The van der Waals surface area contributed by atoms with E-state index in [-0.39, 0.29) is 5.41 Å². The SMILES string of the molecule is CCC1(C(=O)NC2CCCC(C)(C)C2)CCCNC1. The van der Waals surface area contributed by atoms with Crippen LogP contribution in [0, 0.1) is 10.8 Å². The molecule has 0 spiro atoms. The van der Waals surface area contributed by atoms with E-state index in [0.717, 1.165) is 45.2 Å². The fourth-order valence-corrected chi connectivity index (χ4v) is 3.78. The predicted octanol–water partition coefficient (Wildman–Crippen LogP) is 2.85. The van der Waals surface area contributed by atoms with Crippen LogP contribution in [0.15, 0.2) is 0 Å². The number of carbonyl (C=O) groups is 1. The molecule has 110 valence electrons. The van der Waals surface area contributed by atoms with Crippen LogP contribution in [-0.2, 0) is 4.79 Å². The number of carbonyl (C=O) groups excluding carboxylic acids is 1. The minimum absolute atomic E-state index is 0.153. The normalized spacial score (nSPS) is 34.8. The van der Waals surface area contributed by atoms with Crippen LogP contribution in [0.2, 0.25) is 0 Å². The maximum Gasteiger partial charge on any atom is 0.227 e. The zero-order valence-corrected chi connectivity index (χ0v) is 12.8. The smallest absolute Gasteiger partial charge is 0.227 e. The van der Waals surface area contributed by atoms with Crippen molar-refractivity contribution in [1.29, 1.82) is 0 Å². The Morgan fingerprint density at radius 2 is 2.11 bits per heavy atom. The molecule has 3 nitrogen and oxygen atoms in total. The fourth-order valence-electron chi connectivity index (χ4n) is 3.78. The first-order valence-corrected chi connectivity index (χ1v) is 7.99. The highest BCUT2D eigenvalue weighted by molar-refractivity contribution is 5.83. The van der Waals surface area contributed by atoms with Gasteiger partial charge >= 0.3 is 0 Å². The first kappa shape index (κ1) is 14.8. The van der Waals surface area contributed by atoms with Crippen molar-refractivity contribution in [2.75, 3.05) is 13.1 Å². The fraction of sp³-hybridized carbons (Fsp3) is 0.938. The van der Waals surface area contributed by atoms with Crippen molar-refractivity contribution in [2.24, 2.45) is 10.8 Å². The summed E-state index contributed by atoms with van der Waals surface area (Å²) in [6.45, 7) is 8.71. The van der Waals surface area contributed by atoms with Crippen molar-refractivity contribution in [2.45, 2.75) is 71.8 Å². The van der Waals surface area contributed by atoms with E-state index in [1.54, 1.807) is 0 Å². The molecule has 1 saturated carbocycles. The molecule has 2 aliphatic rings. The molecule has 0 bridgehead atoms. The van der Waals surface area contributed by atoms with Crippen molar-refractivity contribution in [1.82, 2.24) is 10.6 Å². The van der Waals surface area contributed by atoms with Crippen LogP contribution in [0.1, 0.15) is 65.7 Å². The summed E-state index contributed by atoms with van der Waals surface area (Å²) in [5.41, 5.74) is 0.236. The molecule has 0 aromatic carbocycles. The monoisotopic (exact) mass is 266 g/mol. The van der Waals surface area contributed by atoms with E-state index < -0.39 is 0 Å². The van der Waals surface area contributed by atoms with E-state index in [1.165, 1.54) is 12.8 Å². The molecule has 0 radical (unpaired) electrons. The molecule has 1 saturated heterocycles. The Hall–Kier alpha value is -0.570. The molecule has 0 aromatic heterocycles. The molecular formula is C16H30N2O. The van der Waals surface area contributed by atoms with Crippen molar-refractivity contribution in [3.8, 4) is 0 Å². The highest BCUT2D eigenvalue weighted by atomic mass is 16.2. The van der Waals surface area contributed by atoms with Crippen LogP contribution in [0.25, 0.3) is 0 Å². The summed E-state index contributed by atoms with van der Waals surface area (Å²) >= 11 is 0. The number of amides is 1. The Labute approximate surface area is 117 Å². The van der Waals surface area contributed by atoms with Crippen molar-refractivity contribution < 1.29 is 4.79 Å². The lowest BCUT2D eigenvalue weighted by atomic mass is 9.73. The molecule has 1 amide bonds. The molecule has 1 aliphatic carbocycles. The van der Waals surface area contributed by atoms with Gasteiger partial charge in [0.1, 0.15) is 0 Å². The Bertz CT molecular complexity index is 319. The molecule has 1 aliphatic heterocycles. The van der Waals surface area contributed by atoms with Crippen molar-refractivity contribution in [3.63, 3.8) is 0 Å². The summed E-state index contributed by atoms with van der Waals surface area (Å²) in [4.78, 5) is 12.7. The van der Waals surface area contributed by atoms with Gasteiger partial charge < -0.3 is 10.6 Å². The third kappa shape index (κ3) is 3.50.